The molecule has 0 spiro atoms. The van der Waals surface area contributed by atoms with Crippen molar-refractivity contribution in [1.29, 1.82) is 0 Å². The van der Waals surface area contributed by atoms with Crippen LogP contribution in [0.4, 0.5) is 0 Å². The van der Waals surface area contributed by atoms with E-state index < -0.39 is 11.3 Å². The van der Waals surface area contributed by atoms with Gasteiger partial charge in [0, 0.05) is 61.9 Å². The standard InChI is InChI=1S/C24H24ClN3O4/c1-27-20(29)12-24(23(27)32,18-8-2-3-9-19(18)25)13-21(30)28-11-5-7-17(15-28)22(31)16-6-4-10-26-14-16/h2-4,6,8-10,14,17H,5,7,11-13,15H2,1H3/t17-,24+/m1/s1. The number of pyridine rings is 1. The van der Waals surface area contributed by atoms with E-state index in [1.165, 1.54) is 13.2 Å². The molecule has 4 rings (SSSR count). The van der Waals surface area contributed by atoms with Gasteiger partial charge in [0.05, 0.1) is 5.41 Å². The highest BCUT2D eigenvalue weighted by molar-refractivity contribution is 6.32. The first-order valence-corrected chi connectivity index (χ1v) is 11.0. The quantitative estimate of drug-likeness (QED) is 0.513. The van der Waals surface area contributed by atoms with E-state index in [1.54, 1.807) is 47.5 Å². The zero-order valence-electron chi connectivity index (χ0n) is 17.8. The maximum Gasteiger partial charge on any atom is 0.240 e. The lowest BCUT2D eigenvalue weighted by atomic mass is 9.75. The van der Waals surface area contributed by atoms with Crippen molar-refractivity contribution in [3.8, 4) is 0 Å². The molecule has 166 valence electrons. The molecular weight excluding hydrogens is 430 g/mol. The van der Waals surface area contributed by atoms with Crippen molar-refractivity contribution in [3.63, 3.8) is 0 Å². The smallest absolute Gasteiger partial charge is 0.240 e. The fourth-order valence-electron chi connectivity index (χ4n) is 4.71. The summed E-state index contributed by atoms with van der Waals surface area (Å²) >= 11 is 6.40. The molecule has 3 amide bonds. The third kappa shape index (κ3) is 3.93. The summed E-state index contributed by atoms with van der Waals surface area (Å²) in [5.41, 5.74) is -0.322. The average molecular weight is 454 g/mol. The molecule has 0 bridgehead atoms. The van der Waals surface area contributed by atoms with Crippen molar-refractivity contribution in [2.24, 2.45) is 5.92 Å². The van der Waals surface area contributed by atoms with Gasteiger partial charge in [-0.1, -0.05) is 29.8 Å². The summed E-state index contributed by atoms with van der Waals surface area (Å²) in [7, 11) is 1.43. The van der Waals surface area contributed by atoms with Gasteiger partial charge in [-0.25, -0.2) is 0 Å². The van der Waals surface area contributed by atoms with Crippen LogP contribution in [0.15, 0.2) is 48.8 Å². The van der Waals surface area contributed by atoms with Crippen molar-refractivity contribution in [2.45, 2.75) is 31.1 Å². The Morgan fingerprint density at radius 1 is 1.19 bits per heavy atom. The molecule has 2 atom stereocenters. The molecule has 1 aromatic carbocycles. The van der Waals surface area contributed by atoms with E-state index in [2.05, 4.69) is 4.98 Å². The summed E-state index contributed by atoms with van der Waals surface area (Å²) in [5, 5.41) is 0.347. The Hall–Kier alpha value is -3.06. The van der Waals surface area contributed by atoms with Crippen LogP contribution in [0.25, 0.3) is 0 Å². The van der Waals surface area contributed by atoms with Crippen LogP contribution in [0, 0.1) is 5.92 Å². The molecule has 2 aromatic rings. The van der Waals surface area contributed by atoms with Crippen LogP contribution in [0.3, 0.4) is 0 Å². The van der Waals surface area contributed by atoms with Crippen molar-refractivity contribution >= 4 is 35.1 Å². The number of carbonyl (C=O) groups is 4. The van der Waals surface area contributed by atoms with Crippen LogP contribution >= 0.6 is 11.6 Å². The molecule has 0 N–H and O–H groups in total. The van der Waals surface area contributed by atoms with Gasteiger partial charge in [0.25, 0.3) is 0 Å². The molecule has 2 aliphatic heterocycles. The summed E-state index contributed by atoms with van der Waals surface area (Å²) in [6.07, 6.45) is 4.25. The zero-order chi connectivity index (χ0) is 22.9. The van der Waals surface area contributed by atoms with Crippen LogP contribution in [-0.2, 0) is 19.8 Å². The van der Waals surface area contributed by atoms with Gasteiger partial charge in [-0.2, -0.15) is 0 Å². The summed E-state index contributed by atoms with van der Waals surface area (Å²) in [4.78, 5) is 58.6. The number of likely N-dealkylation sites (N-methyl/N-ethyl adjacent to an activating group) is 1. The lowest BCUT2D eigenvalue weighted by molar-refractivity contribution is -0.142. The Balaban J connectivity index is 1.58. The molecule has 32 heavy (non-hydrogen) atoms. The van der Waals surface area contributed by atoms with E-state index in [9.17, 15) is 19.2 Å². The zero-order valence-corrected chi connectivity index (χ0v) is 18.5. The Morgan fingerprint density at radius 3 is 2.62 bits per heavy atom. The summed E-state index contributed by atoms with van der Waals surface area (Å²) in [6, 6.07) is 10.3. The molecule has 2 saturated heterocycles. The van der Waals surface area contributed by atoms with Gasteiger partial charge in [0.1, 0.15) is 0 Å². The number of carbonyl (C=O) groups excluding carboxylic acids is 4. The van der Waals surface area contributed by atoms with Crippen LogP contribution in [0.1, 0.15) is 41.6 Å². The third-order valence-electron chi connectivity index (χ3n) is 6.47. The normalized spacial score (nSPS) is 23.5. The maximum atomic E-state index is 13.4. The molecular formula is C24H24ClN3O4. The van der Waals surface area contributed by atoms with Gasteiger partial charge >= 0.3 is 0 Å². The SMILES string of the molecule is CN1C(=O)C[C@](CC(=O)N2CCC[C@@H](C(=O)c3cccnc3)C2)(c2ccccc2Cl)C1=O. The van der Waals surface area contributed by atoms with Gasteiger partial charge in [0.2, 0.25) is 17.7 Å². The molecule has 1 aromatic heterocycles. The summed E-state index contributed by atoms with van der Waals surface area (Å²) in [5.74, 6) is -1.39. The lowest BCUT2D eigenvalue weighted by Crippen LogP contribution is -2.47. The second kappa shape index (κ2) is 8.82. The highest BCUT2D eigenvalue weighted by Crippen LogP contribution is 2.43. The minimum atomic E-state index is -1.33. The molecule has 3 heterocycles. The highest BCUT2D eigenvalue weighted by Gasteiger charge is 2.53. The minimum absolute atomic E-state index is 0.0386. The Morgan fingerprint density at radius 2 is 1.97 bits per heavy atom. The van der Waals surface area contributed by atoms with Crippen molar-refractivity contribution in [3.05, 3.63) is 64.9 Å². The van der Waals surface area contributed by atoms with Gasteiger partial charge in [0.15, 0.2) is 5.78 Å². The molecule has 2 aliphatic rings. The molecule has 0 aliphatic carbocycles. The number of hydrogen-bond acceptors (Lipinski definition) is 5. The first-order valence-electron chi connectivity index (χ1n) is 10.6. The van der Waals surface area contributed by atoms with E-state index in [1.807, 2.05) is 0 Å². The van der Waals surface area contributed by atoms with E-state index in [4.69, 9.17) is 11.6 Å². The first-order chi connectivity index (χ1) is 15.3. The Kier molecular flexibility index (Phi) is 6.11. The van der Waals surface area contributed by atoms with E-state index in [0.717, 1.165) is 4.90 Å². The number of amides is 3. The van der Waals surface area contributed by atoms with Crippen molar-refractivity contribution < 1.29 is 19.2 Å². The average Bonchev–Trinajstić information content (AvgIpc) is 3.03. The number of aromatic nitrogens is 1. The molecule has 8 heteroatoms. The summed E-state index contributed by atoms with van der Waals surface area (Å²) in [6.45, 7) is 0.787. The highest BCUT2D eigenvalue weighted by atomic mass is 35.5. The predicted molar refractivity (Wildman–Crippen MR) is 118 cm³/mol. The molecule has 7 nitrogen and oxygen atoms in total. The number of piperidine rings is 1. The number of likely N-dealkylation sites (tertiary alicyclic amines) is 2. The van der Waals surface area contributed by atoms with Crippen LogP contribution < -0.4 is 0 Å². The number of nitrogens with zero attached hydrogens (tertiary/aromatic N) is 3. The Bertz CT molecular complexity index is 1070. The number of imide groups is 1. The summed E-state index contributed by atoms with van der Waals surface area (Å²) < 4.78 is 0. The maximum absolute atomic E-state index is 13.4. The number of Topliss-reactive ketones (excluding diaryl/α,β-unsaturated/α-hetero) is 1. The fraction of sp³-hybridized carbons (Fsp3) is 0.375. The van der Waals surface area contributed by atoms with E-state index in [0.29, 0.717) is 35.5 Å². The number of benzene rings is 1. The molecule has 0 saturated carbocycles. The minimum Gasteiger partial charge on any atom is -0.342 e. The van der Waals surface area contributed by atoms with E-state index in [-0.39, 0.29) is 42.9 Å². The van der Waals surface area contributed by atoms with Crippen LogP contribution in [0.2, 0.25) is 5.02 Å². The van der Waals surface area contributed by atoms with Crippen molar-refractivity contribution in [2.75, 3.05) is 20.1 Å². The van der Waals surface area contributed by atoms with Gasteiger partial charge in [-0.05, 0) is 36.6 Å². The van der Waals surface area contributed by atoms with Crippen LogP contribution in [-0.4, -0.2) is 58.4 Å². The number of ketones is 1. The number of halogens is 1. The van der Waals surface area contributed by atoms with Gasteiger partial charge < -0.3 is 4.90 Å². The van der Waals surface area contributed by atoms with Gasteiger partial charge in [-0.15, -0.1) is 0 Å². The fourth-order valence-corrected chi connectivity index (χ4v) is 5.03. The Labute approximate surface area is 191 Å². The van der Waals surface area contributed by atoms with E-state index >= 15 is 0 Å². The monoisotopic (exact) mass is 453 g/mol. The lowest BCUT2D eigenvalue weighted by Gasteiger charge is -2.35. The number of rotatable bonds is 5. The van der Waals surface area contributed by atoms with Crippen molar-refractivity contribution in [1.82, 2.24) is 14.8 Å². The number of hydrogen-bond donors (Lipinski definition) is 0. The first kappa shape index (κ1) is 22.1. The second-order valence-electron chi connectivity index (χ2n) is 8.46. The molecule has 0 unspecified atom stereocenters. The van der Waals surface area contributed by atoms with Gasteiger partial charge in [-0.3, -0.25) is 29.1 Å². The largest absolute Gasteiger partial charge is 0.342 e. The second-order valence-corrected chi connectivity index (χ2v) is 8.87. The molecule has 0 radical (unpaired) electrons. The molecule has 2 fully saturated rings. The topological polar surface area (TPSA) is 87.7 Å². The third-order valence-corrected chi connectivity index (χ3v) is 6.80. The predicted octanol–water partition coefficient (Wildman–Crippen LogP) is 2.87. The van der Waals surface area contributed by atoms with Crippen LogP contribution in [0.5, 0.6) is 0 Å².